The van der Waals surface area contributed by atoms with Gasteiger partial charge in [-0.05, 0) is 23.6 Å². The Bertz CT molecular complexity index is 598. The van der Waals surface area contributed by atoms with Gasteiger partial charge < -0.3 is 4.74 Å². The number of thioether (sulfide) groups is 1. The van der Waals surface area contributed by atoms with Crippen LogP contribution in [0.5, 0.6) is 5.75 Å². The fourth-order valence-electron chi connectivity index (χ4n) is 1.58. The van der Waals surface area contributed by atoms with E-state index in [2.05, 4.69) is 34.8 Å². The number of hydrogen-bond acceptors (Lipinski definition) is 4. The Hall–Kier alpha value is -0.983. The van der Waals surface area contributed by atoms with Crippen LogP contribution in [0.15, 0.2) is 23.4 Å². The average molecular weight is 328 g/mol. The lowest BCUT2D eigenvalue weighted by molar-refractivity contribution is 0.416. The van der Waals surface area contributed by atoms with Gasteiger partial charge in [-0.1, -0.05) is 43.0 Å². The molecule has 1 heterocycles. The van der Waals surface area contributed by atoms with Gasteiger partial charge in [0.1, 0.15) is 5.75 Å². The van der Waals surface area contributed by atoms with Crippen molar-refractivity contribution < 1.29 is 4.74 Å². The van der Waals surface area contributed by atoms with E-state index in [-0.39, 0.29) is 0 Å². The molecule has 0 radical (unpaired) electrons. The number of methoxy groups -OCH3 is 1. The standard InChI is InChI=1S/C13H18ClN3OSSi/c1-18-11-6-5-9(14)7-10(11)12-15-13(17-16-12)19-8-20(2,3)4/h5-7H,8H2,1-4H3,(H,15,16,17). The molecule has 0 saturated heterocycles. The molecule has 2 rings (SSSR count). The van der Waals surface area contributed by atoms with Gasteiger partial charge in [-0.15, -0.1) is 5.10 Å². The SMILES string of the molecule is COc1ccc(Cl)cc1-c1nc(SC[Si](C)(C)C)n[nH]1. The van der Waals surface area contributed by atoms with Crippen LogP contribution in [0.3, 0.4) is 0 Å². The molecule has 20 heavy (non-hydrogen) atoms. The van der Waals surface area contributed by atoms with E-state index in [9.17, 15) is 0 Å². The van der Waals surface area contributed by atoms with Gasteiger partial charge in [0.15, 0.2) is 5.82 Å². The Kier molecular flexibility index (Phi) is 4.77. The lowest BCUT2D eigenvalue weighted by Crippen LogP contribution is -2.23. The van der Waals surface area contributed by atoms with Crippen LogP contribution in [-0.4, -0.2) is 35.7 Å². The first-order valence-electron chi connectivity index (χ1n) is 6.28. The molecule has 0 spiro atoms. The molecule has 0 saturated carbocycles. The van der Waals surface area contributed by atoms with E-state index >= 15 is 0 Å². The van der Waals surface area contributed by atoms with Crippen molar-refractivity contribution in [1.82, 2.24) is 15.2 Å². The van der Waals surface area contributed by atoms with Crippen LogP contribution < -0.4 is 4.74 Å². The van der Waals surface area contributed by atoms with E-state index in [1.54, 1.807) is 24.9 Å². The number of H-pyrrole nitrogens is 1. The summed E-state index contributed by atoms with van der Waals surface area (Å²) in [6, 6.07) is 5.45. The second kappa shape index (κ2) is 6.20. The maximum absolute atomic E-state index is 6.03. The van der Waals surface area contributed by atoms with Crippen molar-refractivity contribution in [3.05, 3.63) is 23.2 Å². The van der Waals surface area contributed by atoms with Crippen LogP contribution >= 0.6 is 23.4 Å². The first-order valence-corrected chi connectivity index (χ1v) is 11.4. The van der Waals surface area contributed by atoms with Gasteiger partial charge in [0.2, 0.25) is 5.16 Å². The Morgan fingerprint density at radius 1 is 1.35 bits per heavy atom. The fourth-order valence-corrected chi connectivity index (χ4v) is 4.26. The van der Waals surface area contributed by atoms with Gasteiger partial charge in [-0.25, -0.2) is 4.98 Å². The van der Waals surface area contributed by atoms with E-state index in [0.29, 0.717) is 10.8 Å². The highest BCUT2D eigenvalue weighted by molar-refractivity contribution is 8.00. The molecule has 4 nitrogen and oxygen atoms in total. The Balaban J connectivity index is 2.22. The predicted molar refractivity (Wildman–Crippen MR) is 87.5 cm³/mol. The van der Waals surface area contributed by atoms with E-state index in [0.717, 1.165) is 21.8 Å². The highest BCUT2D eigenvalue weighted by atomic mass is 35.5. The predicted octanol–water partition coefficient (Wildman–Crippen LogP) is 4.10. The molecule has 0 amide bonds. The van der Waals surface area contributed by atoms with Crippen molar-refractivity contribution in [2.24, 2.45) is 0 Å². The molecule has 7 heteroatoms. The minimum absolute atomic E-state index is 0.647. The van der Waals surface area contributed by atoms with Gasteiger partial charge in [-0.3, -0.25) is 5.10 Å². The molecule has 1 N–H and O–H groups in total. The van der Waals surface area contributed by atoms with Crippen molar-refractivity contribution in [2.75, 3.05) is 12.5 Å². The summed E-state index contributed by atoms with van der Waals surface area (Å²) < 4.78 is 5.33. The van der Waals surface area contributed by atoms with Crippen LogP contribution in [0, 0.1) is 0 Å². The van der Waals surface area contributed by atoms with Crippen LogP contribution in [0.4, 0.5) is 0 Å². The summed E-state index contributed by atoms with van der Waals surface area (Å²) >= 11 is 7.73. The Morgan fingerprint density at radius 3 is 2.75 bits per heavy atom. The van der Waals surface area contributed by atoms with Crippen LogP contribution in [0.1, 0.15) is 0 Å². The molecular weight excluding hydrogens is 310 g/mol. The van der Waals surface area contributed by atoms with Gasteiger partial charge in [0.25, 0.3) is 0 Å². The van der Waals surface area contributed by atoms with Crippen molar-refractivity contribution in [2.45, 2.75) is 24.8 Å². The second-order valence-corrected chi connectivity index (χ2v) is 13.0. The fraction of sp³-hybridized carbons (Fsp3) is 0.385. The molecule has 0 unspecified atom stereocenters. The van der Waals surface area contributed by atoms with E-state index in [4.69, 9.17) is 16.3 Å². The largest absolute Gasteiger partial charge is 0.496 e. The molecule has 0 aliphatic rings. The summed E-state index contributed by atoms with van der Waals surface area (Å²) in [5.74, 6) is 1.41. The third-order valence-corrected chi connectivity index (χ3v) is 7.23. The van der Waals surface area contributed by atoms with Gasteiger partial charge in [0, 0.05) is 5.02 Å². The molecule has 0 fully saturated rings. The third kappa shape index (κ3) is 4.00. The number of nitrogens with one attached hydrogen (secondary N) is 1. The highest BCUT2D eigenvalue weighted by Crippen LogP contribution is 2.31. The Labute approximate surface area is 129 Å². The van der Waals surface area contributed by atoms with Crippen LogP contribution in [0.25, 0.3) is 11.4 Å². The summed E-state index contributed by atoms with van der Waals surface area (Å²) in [6.45, 7) is 6.98. The number of rotatable bonds is 5. The van der Waals surface area contributed by atoms with Gasteiger partial charge >= 0.3 is 0 Å². The highest BCUT2D eigenvalue weighted by Gasteiger charge is 2.16. The number of nitrogens with zero attached hydrogens (tertiary/aromatic N) is 2. The van der Waals surface area contributed by atoms with Crippen molar-refractivity contribution in [3.63, 3.8) is 0 Å². The summed E-state index contributed by atoms with van der Waals surface area (Å²) in [6.07, 6.45) is 0. The monoisotopic (exact) mass is 327 g/mol. The first-order chi connectivity index (χ1) is 9.39. The van der Waals surface area contributed by atoms with Crippen molar-refractivity contribution in [1.29, 1.82) is 0 Å². The molecule has 0 aliphatic carbocycles. The quantitative estimate of drug-likeness (QED) is 0.663. The molecule has 2 aromatic rings. The molecule has 0 atom stereocenters. The number of hydrogen-bond donors (Lipinski definition) is 1. The number of benzene rings is 1. The van der Waals surface area contributed by atoms with Crippen molar-refractivity contribution >= 4 is 31.4 Å². The molecule has 0 bridgehead atoms. The second-order valence-electron chi connectivity index (χ2n) is 5.66. The van der Waals surface area contributed by atoms with E-state index in [1.807, 2.05) is 12.1 Å². The van der Waals surface area contributed by atoms with E-state index in [1.165, 1.54) is 0 Å². The molecular formula is C13H18ClN3OSSi. The maximum atomic E-state index is 6.03. The maximum Gasteiger partial charge on any atom is 0.208 e. The minimum atomic E-state index is -1.11. The molecule has 0 aliphatic heterocycles. The van der Waals surface area contributed by atoms with Crippen LogP contribution in [-0.2, 0) is 0 Å². The van der Waals surface area contributed by atoms with Gasteiger partial charge in [-0.2, -0.15) is 0 Å². The first kappa shape index (κ1) is 15.4. The smallest absolute Gasteiger partial charge is 0.208 e. The lowest BCUT2D eigenvalue weighted by atomic mass is 10.2. The minimum Gasteiger partial charge on any atom is -0.496 e. The number of aromatic amines is 1. The molecule has 1 aromatic heterocycles. The van der Waals surface area contributed by atoms with E-state index < -0.39 is 8.07 Å². The topological polar surface area (TPSA) is 50.8 Å². The average Bonchev–Trinajstić information content (AvgIpc) is 2.84. The summed E-state index contributed by atoms with van der Waals surface area (Å²) in [7, 11) is 0.515. The summed E-state index contributed by atoms with van der Waals surface area (Å²) in [5.41, 5.74) is 0.826. The Morgan fingerprint density at radius 2 is 2.10 bits per heavy atom. The summed E-state index contributed by atoms with van der Waals surface area (Å²) in [5, 5.41) is 9.72. The normalized spacial score (nSPS) is 11.7. The van der Waals surface area contributed by atoms with Crippen molar-refractivity contribution in [3.8, 4) is 17.1 Å². The third-order valence-electron chi connectivity index (χ3n) is 2.52. The number of halogens is 1. The number of aromatic nitrogens is 3. The van der Waals surface area contributed by atoms with Gasteiger partial charge in [0.05, 0.1) is 20.7 Å². The molecule has 1 aromatic carbocycles. The zero-order valence-electron chi connectivity index (χ0n) is 12.0. The zero-order chi connectivity index (χ0) is 14.8. The van der Waals surface area contributed by atoms with Crippen LogP contribution in [0.2, 0.25) is 24.7 Å². The number of ether oxygens (including phenoxy) is 1. The zero-order valence-corrected chi connectivity index (χ0v) is 14.6. The lowest BCUT2D eigenvalue weighted by Gasteiger charge is -2.12. The molecule has 108 valence electrons. The summed E-state index contributed by atoms with van der Waals surface area (Å²) in [4.78, 5) is 4.51.